The van der Waals surface area contributed by atoms with Crippen molar-refractivity contribution >= 4 is 39.1 Å². The number of nitrogens with one attached hydrogen (secondary N) is 1. The molecular formula is C14H22Cl2N2O3S. The zero-order valence-electron chi connectivity index (χ0n) is 12.4. The van der Waals surface area contributed by atoms with Crippen molar-refractivity contribution in [1.29, 1.82) is 0 Å². The molecule has 0 aromatic carbocycles. The molecule has 2 fully saturated rings. The molecule has 1 saturated heterocycles. The second-order valence-corrected chi connectivity index (χ2v) is 8.75. The molecule has 1 aliphatic heterocycles. The van der Waals surface area contributed by atoms with Crippen molar-refractivity contribution in [3.8, 4) is 0 Å². The van der Waals surface area contributed by atoms with Crippen LogP contribution in [0, 0.1) is 5.92 Å². The summed E-state index contributed by atoms with van der Waals surface area (Å²) in [7, 11) is -3.41. The predicted octanol–water partition coefficient (Wildman–Crippen LogP) is 2.06. The van der Waals surface area contributed by atoms with Gasteiger partial charge in [-0.15, -0.1) is 23.2 Å². The van der Waals surface area contributed by atoms with Gasteiger partial charge in [-0.2, -0.15) is 0 Å². The molecule has 1 saturated carbocycles. The Labute approximate surface area is 142 Å². The van der Waals surface area contributed by atoms with Crippen molar-refractivity contribution in [2.75, 3.05) is 13.1 Å². The highest BCUT2D eigenvalue weighted by Crippen LogP contribution is 2.33. The maximum atomic E-state index is 12.5. The maximum absolute atomic E-state index is 12.5. The first kappa shape index (κ1) is 18.0. The van der Waals surface area contributed by atoms with Crippen molar-refractivity contribution in [1.82, 2.24) is 9.62 Å². The first-order valence-electron chi connectivity index (χ1n) is 7.54. The first-order chi connectivity index (χ1) is 10.3. The van der Waals surface area contributed by atoms with E-state index in [1.165, 1.54) is 0 Å². The van der Waals surface area contributed by atoms with Crippen LogP contribution in [0.15, 0.2) is 12.0 Å². The van der Waals surface area contributed by atoms with Crippen molar-refractivity contribution in [3.63, 3.8) is 0 Å². The molecule has 22 heavy (non-hydrogen) atoms. The van der Waals surface area contributed by atoms with Gasteiger partial charge in [0.05, 0.1) is 5.38 Å². The number of piperidine rings is 1. The average molecular weight is 369 g/mol. The molecule has 0 aromatic heterocycles. The number of nitrogens with zero attached hydrogens (tertiary/aromatic N) is 1. The molecular weight excluding hydrogens is 347 g/mol. The molecule has 1 aliphatic carbocycles. The third-order valence-electron chi connectivity index (χ3n) is 4.40. The third kappa shape index (κ3) is 4.60. The number of halogens is 2. The zero-order chi connectivity index (χ0) is 16.3. The van der Waals surface area contributed by atoms with E-state index in [2.05, 4.69) is 11.3 Å². The summed E-state index contributed by atoms with van der Waals surface area (Å²) in [6.07, 6.45) is 3.40. The second-order valence-electron chi connectivity index (χ2n) is 5.97. The van der Waals surface area contributed by atoms with E-state index in [-0.39, 0.29) is 28.6 Å². The Morgan fingerprint density at radius 1 is 1.14 bits per heavy atom. The molecule has 3 atom stereocenters. The van der Waals surface area contributed by atoms with Crippen LogP contribution in [0.2, 0.25) is 0 Å². The quantitative estimate of drug-likeness (QED) is 0.772. The second kappa shape index (κ2) is 7.51. The molecule has 5 nitrogen and oxygen atoms in total. The lowest BCUT2D eigenvalue weighted by Gasteiger charge is -2.36. The molecule has 3 unspecified atom stereocenters. The van der Waals surface area contributed by atoms with E-state index < -0.39 is 10.0 Å². The molecule has 2 aliphatic rings. The lowest BCUT2D eigenvalue weighted by molar-refractivity contribution is -0.137. The minimum absolute atomic E-state index is 0.0511. The Bertz CT molecular complexity index is 518. The van der Waals surface area contributed by atoms with Gasteiger partial charge >= 0.3 is 0 Å². The molecule has 126 valence electrons. The SMILES string of the molecule is C=CS(=O)(=O)NC1CCN(C(=O)C2CCC(Cl)C(Cl)C2)CC1. The van der Waals surface area contributed by atoms with E-state index in [4.69, 9.17) is 23.2 Å². The first-order valence-corrected chi connectivity index (χ1v) is 9.96. The smallest absolute Gasteiger partial charge is 0.233 e. The fraction of sp³-hybridized carbons (Fsp3) is 0.786. The number of sulfonamides is 1. The Kier molecular flexibility index (Phi) is 6.16. The van der Waals surface area contributed by atoms with Gasteiger partial charge < -0.3 is 4.90 Å². The number of likely N-dealkylation sites (tertiary alicyclic amines) is 1. The zero-order valence-corrected chi connectivity index (χ0v) is 14.7. The van der Waals surface area contributed by atoms with Crippen molar-refractivity contribution < 1.29 is 13.2 Å². The van der Waals surface area contributed by atoms with Crippen LogP contribution in [0.25, 0.3) is 0 Å². The van der Waals surface area contributed by atoms with Crippen LogP contribution in [0.3, 0.4) is 0 Å². The molecule has 8 heteroatoms. The Hall–Kier alpha value is -0.300. The van der Waals surface area contributed by atoms with Crippen molar-refractivity contribution in [2.24, 2.45) is 5.92 Å². The van der Waals surface area contributed by atoms with Gasteiger partial charge in [-0.1, -0.05) is 6.58 Å². The largest absolute Gasteiger partial charge is 0.342 e. The fourth-order valence-electron chi connectivity index (χ4n) is 3.06. The molecule has 2 rings (SSSR count). The highest BCUT2D eigenvalue weighted by atomic mass is 35.5. The van der Waals surface area contributed by atoms with E-state index in [1.807, 2.05) is 4.90 Å². The van der Waals surface area contributed by atoms with Crippen molar-refractivity contribution in [3.05, 3.63) is 12.0 Å². The van der Waals surface area contributed by atoms with Gasteiger partial charge in [-0.3, -0.25) is 4.79 Å². The van der Waals surface area contributed by atoms with Gasteiger partial charge in [0.25, 0.3) is 0 Å². The van der Waals surface area contributed by atoms with E-state index in [1.54, 1.807) is 0 Å². The molecule has 0 aromatic rings. The summed E-state index contributed by atoms with van der Waals surface area (Å²) in [5, 5.41) is 0.710. The minimum Gasteiger partial charge on any atom is -0.342 e. The molecule has 1 N–H and O–H groups in total. The topological polar surface area (TPSA) is 66.5 Å². The fourth-order valence-corrected chi connectivity index (χ4v) is 4.43. The molecule has 0 spiro atoms. The summed E-state index contributed by atoms with van der Waals surface area (Å²) < 4.78 is 25.5. The van der Waals surface area contributed by atoms with E-state index >= 15 is 0 Å². The lowest BCUT2D eigenvalue weighted by atomic mass is 9.87. The van der Waals surface area contributed by atoms with Gasteiger partial charge in [-0.25, -0.2) is 13.1 Å². The Balaban J connectivity index is 1.84. The summed E-state index contributed by atoms with van der Waals surface area (Å²) >= 11 is 12.3. The summed E-state index contributed by atoms with van der Waals surface area (Å²) in [5.74, 6) is 0.0677. The highest BCUT2D eigenvalue weighted by Gasteiger charge is 2.35. The average Bonchev–Trinajstić information content (AvgIpc) is 2.50. The van der Waals surface area contributed by atoms with E-state index in [0.29, 0.717) is 32.4 Å². The Morgan fingerprint density at radius 3 is 2.32 bits per heavy atom. The molecule has 1 heterocycles. The van der Waals surface area contributed by atoms with Crippen LogP contribution in [-0.4, -0.2) is 49.1 Å². The number of hydrogen-bond acceptors (Lipinski definition) is 3. The monoisotopic (exact) mass is 368 g/mol. The highest BCUT2D eigenvalue weighted by molar-refractivity contribution is 7.92. The van der Waals surface area contributed by atoms with Gasteiger partial charge in [0, 0.05) is 35.8 Å². The summed E-state index contributed by atoms with van der Waals surface area (Å²) in [6, 6.07) is -0.133. The van der Waals surface area contributed by atoms with Gasteiger partial charge in [0.1, 0.15) is 0 Å². The van der Waals surface area contributed by atoms with Crippen LogP contribution in [-0.2, 0) is 14.8 Å². The molecule has 0 bridgehead atoms. The maximum Gasteiger partial charge on any atom is 0.233 e. The number of amides is 1. The Morgan fingerprint density at radius 2 is 1.77 bits per heavy atom. The number of carbonyl (C=O) groups excluding carboxylic acids is 1. The lowest BCUT2D eigenvalue weighted by Crippen LogP contribution is -2.48. The summed E-state index contributed by atoms with van der Waals surface area (Å²) in [4.78, 5) is 14.3. The number of rotatable bonds is 4. The van der Waals surface area contributed by atoms with Crippen LogP contribution < -0.4 is 4.72 Å². The summed E-state index contributed by atoms with van der Waals surface area (Å²) in [5.41, 5.74) is 0. The number of carbonyl (C=O) groups is 1. The standard InChI is InChI=1S/C14H22Cl2N2O3S/c1-2-22(20,21)17-11-5-7-18(8-6-11)14(19)10-3-4-12(15)13(16)9-10/h2,10-13,17H,1,3-9H2. The van der Waals surface area contributed by atoms with E-state index in [9.17, 15) is 13.2 Å². The van der Waals surface area contributed by atoms with Gasteiger partial charge in [-0.05, 0) is 32.1 Å². The molecule has 0 radical (unpaired) electrons. The minimum atomic E-state index is -3.41. The van der Waals surface area contributed by atoms with Gasteiger partial charge in [0.2, 0.25) is 15.9 Å². The number of hydrogen-bond donors (Lipinski definition) is 1. The van der Waals surface area contributed by atoms with Crippen LogP contribution in [0.5, 0.6) is 0 Å². The number of alkyl halides is 2. The van der Waals surface area contributed by atoms with Crippen LogP contribution in [0.1, 0.15) is 32.1 Å². The summed E-state index contributed by atoms with van der Waals surface area (Å²) in [6.45, 7) is 4.41. The van der Waals surface area contributed by atoms with Gasteiger partial charge in [0.15, 0.2) is 0 Å². The van der Waals surface area contributed by atoms with Crippen LogP contribution in [0.4, 0.5) is 0 Å². The third-order valence-corrected chi connectivity index (χ3v) is 6.63. The normalized spacial score (nSPS) is 31.0. The van der Waals surface area contributed by atoms with Crippen LogP contribution >= 0.6 is 23.2 Å². The van der Waals surface area contributed by atoms with Crippen molar-refractivity contribution in [2.45, 2.75) is 48.9 Å². The predicted molar refractivity (Wildman–Crippen MR) is 88.5 cm³/mol. The molecule has 1 amide bonds. The van der Waals surface area contributed by atoms with E-state index in [0.717, 1.165) is 18.2 Å².